The maximum atomic E-state index is 2.65. The van der Waals surface area contributed by atoms with Gasteiger partial charge in [0.05, 0.1) is 0 Å². The molecule has 1 saturated carbocycles. The fourth-order valence-corrected chi connectivity index (χ4v) is 3.23. The summed E-state index contributed by atoms with van der Waals surface area (Å²) in [5.41, 5.74) is 2.21. The van der Waals surface area contributed by atoms with Crippen LogP contribution in [0.25, 0.3) is 0 Å². The van der Waals surface area contributed by atoms with Gasteiger partial charge in [0.2, 0.25) is 0 Å². The zero-order valence-corrected chi connectivity index (χ0v) is 13.9. The lowest BCUT2D eigenvalue weighted by Gasteiger charge is -2.28. The average molecular weight is 264 g/mol. The van der Waals surface area contributed by atoms with Crippen LogP contribution in [-0.4, -0.2) is 0 Å². The van der Waals surface area contributed by atoms with Crippen molar-refractivity contribution in [2.45, 2.75) is 98.3 Å². The van der Waals surface area contributed by atoms with E-state index in [9.17, 15) is 0 Å². The van der Waals surface area contributed by atoms with E-state index in [1.54, 1.807) is 0 Å². The normalized spacial score (nSPS) is 18.8. The summed E-state index contributed by atoms with van der Waals surface area (Å²) in [6.07, 6.45) is 18.2. The molecule has 0 amide bonds. The number of allylic oxidation sites excluding steroid dienone is 2. The van der Waals surface area contributed by atoms with Gasteiger partial charge in [-0.1, -0.05) is 77.9 Å². The van der Waals surface area contributed by atoms with E-state index in [0.717, 1.165) is 5.92 Å². The molecule has 0 aromatic heterocycles. The van der Waals surface area contributed by atoms with Crippen molar-refractivity contribution in [3.05, 3.63) is 11.6 Å². The van der Waals surface area contributed by atoms with Gasteiger partial charge >= 0.3 is 0 Å². The van der Waals surface area contributed by atoms with Gasteiger partial charge < -0.3 is 0 Å². The molecule has 0 unspecified atom stereocenters. The predicted molar refractivity (Wildman–Crippen MR) is 87.5 cm³/mol. The number of rotatable bonds is 8. The van der Waals surface area contributed by atoms with Crippen LogP contribution in [0.15, 0.2) is 11.6 Å². The second-order valence-corrected chi connectivity index (χ2v) is 7.21. The summed E-state index contributed by atoms with van der Waals surface area (Å²) in [6.45, 7) is 9.44. The molecule has 19 heavy (non-hydrogen) atoms. The van der Waals surface area contributed by atoms with Crippen molar-refractivity contribution in [3.63, 3.8) is 0 Å². The smallest absolute Gasteiger partial charge is 0.0175 e. The Bertz CT molecular complexity index is 253. The molecule has 1 fully saturated rings. The van der Waals surface area contributed by atoms with Gasteiger partial charge in [-0.3, -0.25) is 0 Å². The monoisotopic (exact) mass is 264 g/mol. The van der Waals surface area contributed by atoms with Crippen LogP contribution in [0.1, 0.15) is 98.3 Å². The van der Waals surface area contributed by atoms with Crippen molar-refractivity contribution in [2.75, 3.05) is 0 Å². The Labute approximate surface area is 122 Å². The topological polar surface area (TPSA) is 0 Å². The van der Waals surface area contributed by atoms with Gasteiger partial charge in [-0.05, 0) is 43.4 Å². The van der Waals surface area contributed by atoms with Crippen molar-refractivity contribution >= 4 is 0 Å². The summed E-state index contributed by atoms with van der Waals surface area (Å²) < 4.78 is 0. The van der Waals surface area contributed by atoms with E-state index in [0.29, 0.717) is 5.41 Å². The molecular weight excluding hydrogens is 228 g/mol. The predicted octanol–water partition coefficient (Wildman–Crippen LogP) is 6.90. The van der Waals surface area contributed by atoms with Gasteiger partial charge in [-0.2, -0.15) is 0 Å². The maximum Gasteiger partial charge on any atom is -0.0175 e. The fourth-order valence-electron chi connectivity index (χ4n) is 3.23. The number of hydrogen-bond donors (Lipinski definition) is 0. The second-order valence-electron chi connectivity index (χ2n) is 7.21. The van der Waals surface area contributed by atoms with Crippen molar-refractivity contribution < 1.29 is 0 Å². The standard InChI is InChI=1S/C19H36/c1-5-7-8-10-15-18(16-19(3,4)6-2)17-13-11-9-12-14-17/h16-17H,5-15H2,1-4H3. The van der Waals surface area contributed by atoms with Crippen LogP contribution in [-0.2, 0) is 0 Å². The first-order valence-electron chi connectivity index (χ1n) is 8.80. The van der Waals surface area contributed by atoms with Gasteiger partial charge in [-0.15, -0.1) is 0 Å². The Morgan fingerprint density at radius 2 is 1.68 bits per heavy atom. The summed E-state index contributed by atoms with van der Waals surface area (Å²) in [6, 6.07) is 0. The van der Waals surface area contributed by atoms with E-state index in [1.165, 1.54) is 70.6 Å². The molecule has 0 nitrogen and oxygen atoms in total. The first kappa shape index (κ1) is 16.8. The Balaban J connectivity index is 2.61. The second kappa shape index (κ2) is 8.82. The van der Waals surface area contributed by atoms with Crippen LogP contribution in [0.3, 0.4) is 0 Å². The van der Waals surface area contributed by atoms with Gasteiger partial charge in [0.15, 0.2) is 0 Å². The van der Waals surface area contributed by atoms with Gasteiger partial charge in [0.1, 0.15) is 0 Å². The zero-order chi connectivity index (χ0) is 14.1. The lowest BCUT2D eigenvalue weighted by Crippen LogP contribution is -2.14. The third-order valence-electron chi connectivity index (χ3n) is 4.94. The third-order valence-corrected chi connectivity index (χ3v) is 4.94. The van der Waals surface area contributed by atoms with Crippen LogP contribution < -0.4 is 0 Å². The van der Waals surface area contributed by atoms with Crippen LogP contribution in [0.5, 0.6) is 0 Å². The summed E-state index contributed by atoms with van der Waals surface area (Å²) in [5.74, 6) is 0.918. The highest BCUT2D eigenvalue weighted by Gasteiger charge is 2.21. The Morgan fingerprint density at radius 1 is 1.00 bits per heavy atom. The SMILES string of the molecule is CCCCCCC(=CC(C)(C)CC)C1CCCCC1. The molecule has 0 aromatic rings. The van der Waals surface area contributed by atoms with Crippen molar-refractivity contribution in [2.24, 2.45) is 11.3 Å². The first-order valence-corrected chi connectivity index (χ1v) is 8.80. The Hall–Kier alpha value is -0.260. The van der Waals surface area contributed by atoms with E-state index in [4.69, 9.17) is 0 Å². The molecule has 0 saturated heterocycles. The lowest BCUT2D eigenvalue weighted by atomic mass is 9.77. The molecule has 1 aliphatic carbocycles. The quantitative estimate of drug-likeness (QED) is 0.330. The molecule has 0 aromatic carbocycles. The first-order chi connectivity index (χ1) is 9.09. The van der Waals surface area contributed by atoms with Crippen molar-refractivity contribution in [1.29, 1.82) is 0 Å². The summed E-state index contributed by atoms with van der Waals surface area (Å²) in [5, 5.41) is 0. The summed E-state index contributed by atoms with van der Waals surface area (Å²) in [7, 11) is 0. The minimum Gasteiger partial charge on any atom is -0.0794 e. The molecule has 0 aliphatic heterocycles. The molecule has 1 aliphatic rings. The molecule has 0 bridgehead atoms. The molecule has 1 rings (SSSR count). The van der Waals surface area contributed by atoms with E-state index < -0.39 is 0 Å². The molecule has 0 heterocycles. The molecule has 112 valence electrons. The minimum absolute atomic E-state index is 0.400. The Morgan fingerprint density at radius 3 is 2.26 bits per heavy atom. The molecule has 0 heteroatoms. The highest BCUT2D eigenvalue weighted by molar-refractivity contribution is 5.12. The van der Waals surface area contributed by atoms with Crippen LogP contribution >= 0.6 is 0 Å². The summed E-state index contributed by atoms with van der Waals surface area (Å²) in [4.78, 5) is 0. The van der Waals surface area contributed by atoms with E-state index >= 15 is 0 Å². The fraction of sp³-hybridized carbons (Fsp3) is 0.895. The van der Waals surface area contributed by atoms with E-state index in [-0.39, 0.29) is 0 Å². The van der Waals surface area contributed by atoms with E-state index in [2.05, 4.69) is 33.8 Å². The van der Waals surface area contributed by atoms with E-state index in [1.807, 2.05) is 5.57 Å². The molecule has 0 N–H and O–H groups in total. The minimum atomic E-state index is 0.400. The Kier molecular flexibility index (Phi) is 7.80. The summed E-state index contributed by atoms with van der Waals surface area (Å²) >= 11 is 0. The molecule has 0 radical (unpaired) electrons. The maximum absolute atomic E-state index is 2.65. The van der Waals surface area contributed by atoms with Crippen LogP contribution in [0, 0.1) is 11.3 Å². The zero-order valence-electron chi connectivity index (χ0n) is 13.9. The molecule has 0 atom stereocenters. The number of hydrogen-bond acceptors (Lipinski definition) is 0. The van der Waals surface area contributed by atoms with Gasteiger partial charge in [0.25, 0.3) is 0 Å². The molecule has 0 spiro atoms. The largest absolute Gasteiger partial charge is 0.0794 e. The number of unbranched alkanes of at least 4 members (excludes halogenated alkanes) is 3. The highest BCUT2D eigenvalue weighted by atomic mass is 14.3. The highest BCUT2D eigenvalue weighted by Crippen LogP contribution is 2.36. The van der Waals surface area contributed by atoms with Crippen molar-refractivity contribution in [1.82, 2.24) is 0 Å². The van der Waals surface area contributed by atoms with Gasteiger partial charge in [-0.25, -0.2) is 0 Å². The van der Waals surface area contributed by atoms with Crippen LogP contribution in [0.2, 0.25) is 0 Å². The lowest BCUT2D eigenvalue weighted by molar-refractivity contribution is 0.378. The van der Waals surface area contributed by atoms with Gasteiger partial charge in [0, 0.05) is 0 Å². The van der Waals surface area contributed by atoms with Crippen molar-refractivity contribution in [3.8, 4) is 0 Å². The third kappa shape index (κ3) is 6.63. The molecular formula is C19H36. The van der Waals surface area contributed by atoms with Crippen LogP contribution in [0.4, 0.5) is 0 Å². The average Bonchev–Trinajstić information content (AvgIpc) is 2.43.